The van der Waals surface area contributed by atoms with Crippen LogP contribution in [0, 0.1) is 25.2 Å². The maximum absolute atomic E-state index is 11.8. The minimum absolute atomic E-state index is 0.126. The molecule has 4 heteroatoms. The molecule has 0 unspecified atom stereocenters. The predicted molar refractivity (Wildman–Crippen MR) is 92.2 cm³/mol. The summed E-state index contributed by atoms with van der Waals surface area (Å²) in [4.78, 5) is 16.5. The van der Waals surface area contributed by atoms with E-state index in [9.17, 15) is 10.1 Å². The molecule has 0 aliphatic heterocycles. The first-order valence-corrected chi connectivity index (χ1v) is 8.08. The minimum atomic E-state index is 0.126. The fraction of sp³-hybridized carbons (Fsp3) is 0.250. The lowest BCUT2D eigenvalue weighted by atomic mass is 10.1. The third kappa shape index (κ3) is 1.98. The van der Waals surface area contributed by atoms with E-state index in [-0.39, 0.29) is 6.04 Å². The van der Waals surface area contributed by atoms with Crippen LogP contribution in [0.25, 0.3) is 11.0 Å². The van der Waals surface area contributed by atoms with Gasteiger partial charge in [-0.2, -0.15) is 5.26 Å². The number of pyridine rings is 1. The van der Waals surface area contributed by atoms with Crippen LogP contribution in [-0.2, 0) is 12.8 Å². The number of nitrogens with zero attached hydrogens (tertiary/aromatic N) is 3. The molecule has 1 aromatic carbocycles. The van der Waals surface area contributed by atoms with E-state index in [1.165, 1.54) is 11.1 Å². The molecule has 4 rings (SSSR count). The van der Waals surface area contributed by atoms with Gasteiger partial charge in [0.05, 0.1) is 5.56 Å². The number of hydrogen-bond donors (Lipinski definition) is 0. The molecule has 0 saturated heterocycles. The van der Waals surface area contributed by atoms with Crippen LogP contribution >= 0.6 is 0 Å². The number of aromatic nitrogens is 2. The fourth-order valence-corrected chi connectivity index (χ4v) is 3.98. The summed E-state index contributed by atoms with van der Waals surface area (Å²) in [6.07, 6.45) is 2.53. The second kappa shape index (κ2) is 5.31. The van der Waals surface area contributed by atoms with Crippen molar-refractivity contribution in [3.63, 3.8) is 0 Å². The molecule has 0 bridgehead atoms. The summed E-state index contributed by atoms with van der Waals surface area (Å²) in [5.74, 6) is 0. The van der Waals surface area contributed by atoms with Crippen molar-refractivity contribution in [1.29, 1.82) is 5.26 Å². The Balaban J connectivity index is 1.99. The average Bonchev–Trinajstić information content (AvgIpc) is 3.12. The zero-order valence-electron chi connectivity index (χ0n) is 13.7. The van der Waals surface area contributed by atoms with Crippen LogP contribution in [0.3, 0.4) is 0 Å². The molecule has 24 heavy (non-hydrogen) atoms. The number of benzene rings is 1. The Kier molecular flexibility index (Phi) is 3.24. The van der Waals surface area contributed by atoms with Gasteiger partial charge in [-0.05, 0) is 49.4 Å². The Bertz CT molecular complexity index is 999. The van der Waals surface area contributed by atoms with Crippen LogP contribution < -0.4 is 0 Å². The number of fused-ring (bicyclic) bond motifs is 2. The second-order valence-corrected chi connectivity index (χ2v) is 6.47. The smallest absolute Gasteiger partial charge is 0.167 e. The molecular weight excluding hydrogens is 298 g/mol. The third-order valence-corrected chi connectivity index (χ3v) is 4.94. The summed E-state index contributed by atoms with van der Waals surface area (Å²) in [5.41, 5.74) is 6.16. The summed E-state index contributed by atoms with van der Waals surface area (Å²) in [6.45, 7) is 3.92. The predicted octanol–water partition coefficient (Wildman–Crippen LogP) is 3.68. The van der Waals surface area contributed by atoms with Crippen LogP contribution in [0.1, 0.15) is 44.5 Å². The number of hydrogen-bond acceptors (Lipinski definition) is 3. The molecule has 1 aliphatic carbocycles. The van der Waals surface area contributed by atoms with Crippen molar-refractivity contribution < 1.29 is 4.79 Å². The largest absolute Gasteiger partial charge is 0.318 e. The molecule has 0 spiro atoms. The number of rotatable bonds is 2. The van der Waals surface area contributed by atoms with Gasteiger partial charge in [-0.3, -0.25) is 4.79 Å². The summed E-state index contributed by atoms with van der Waals surface area (Å²) >= 11 is 0. The average molecular weight is 315 g/mol. The first-order chi connectivity index (χ1) is 11.6. The van der Waals surface area contributed by atoms with Crippen molar-refractivity contribution in [2.24, 2.45) is 0 Å². The van der Waals surface area contributed by atoms with E-state index < -0.39 is 0 Å². The maximum atomic E-state index is 11.8. The SMILES string of the molecule is Cc1cc(C)c2c(C#N)c(C=O)n(C3Cc4ccccc4C3)c2n1. The molecule has 0 fully saturated rings. The number of aryl methyl sites for hydroxylation is 2. The van der Waals surface area contributed by atoms with Crippen molar-refractivity contribution in [1.82, 2.24) is 9.55 Å². The minimum Gasteiger partial charge on any atom is -0.318 e. The topological polar surface area (TPSA) is 58.7 Å². The standard InChI is InChI=1S/C20H17N3O/c1-12-7-13(2)22-20-19(12)17(10-21)18(11-24)23(20)16-8-14-5-3-4-6-15(14)9-16/h3-7,11,16H,8-9H2,1-2H3. The normalized spacial score (nSPS) is 13.9. The monoisotopic (exact) mass is 315 g/mol. The lowest BCUT2D eigenvalue weighted by Gasteiger charge is -2.15. The van der Waals surface area contributed by atoms with Crippen LogP contribution in [0.4, 0.5) is 0 Å². The highest BCUT2D eigenvalue weighted by molar-refractivity contribution is 5.96. The molecule has 2 heterocycles. The van der Waals surface area contributed by atoms with E-state index >= 15 is 0 Å². The molecule has 1 aliphatic rings. The Morgan fingerprint density at radius 1 is 1.25 bits per heavy atom. The molecule has 3 aromatic rings. The first-order valence-electron chi connectivity index (χ1n) is 8.08. The molecule has 0 saturated carbocycles. The van der Waals surface area contributed by atoms with Crippen LogP contribution in [-0.4, -0.2) is 15.8 Å². The van der Waals surface area contributed by atoms with Crippen LogP contribution in [0.15, 0.2) is 30.3 Å². The molecule has 0 N–H and O–H groups in total. The van der Waals surface area contributed by atoms with Gasteiger partial charge in [-0.1, -0.05) is 24.3 Å². The molecule has 4 nitrogen and oxygen atoms in total. The second-order valence-electron chi connectivity index (χ2n) is 6.47. The first kappa shape index (κ1) is 14.6. The highest BCUT2D eigenvalue weighted by Gasteiger charge is 2.29. The number of carbonyl (C=O) groups is 1. The molecule has 0 amide bonds. The van der Waals surface area contributed by atoms with Gasteiger partial charge in [0, 0.05) is 17.1 Å². The van der Waals surface area contributed by atoms with Gasteiger partial charge in [-0.15, -0.1) is 0 Å². The third-order valence-electron chi connectivity index (χ3n) is 4.94. The summed E-state index contributed by atoms with van der Waals surface area (Å²) in [7, 11) is 0. The van der Waals surface area contributed by atoms with Gasteiger partial charge in [-0.25, -0.2) is 4.98 Å². The van der Waals surface area contributed by atoms with Crippen molar-refractivity contribution in [3.8, 4) is 6.07 Å². The molecule has 118 valence electrons. The van der Waals surface area contributed by atoms with Crippen molar-refractivity contribution in [2.75, 3.05) is 0 Å². The van der Waals surface area contributed by atoms with Gasteiger partial charge in [0.2, 0.25) is 0 Å². The quantitative estimate of drug-likeness (QED) is 0.678. The van der Waals surface area contributed by atoms with E-state index in [0.29, 0.717) is 11.3 Å². The van der Waals surface area contributed by atoms with E-state index in [0.717, 1.165) is 41.4 Å². The van der Waals surface area contributed by atoms with E-state index in [1.807, 2.05) is 36.6 Å². The fourth-order valence-electron chi connectivity index (χ4n) is 3.98. The van der Waals surface area contributed by atoms with E-state index in [1.54, 1.807) is 0 Å². The van der Waals surface area contributed by atoms with Crippen LogP contribution in [0.2, 0.25) is 0 Å². The number of carbonyl (C=O) groups excluding carboxylic acids is 1. The van der Waals surface area contributed by atoms with Gasteiger partial charge in [0.25, 0.3) is 0 Å². The molecule has 0 radical (unpaired) electrons. The summed E-state index contributed by atoms with van der Waals surface area (Å²) in [6, 6.07) is 12.7. The zero-order valence-corrected chi connectivity index (χ0v) is 13.7. The summed E-state index contributed by atoms with van der Waals surface area (Å²) in [5, 5.41) is 10.4. The molecule has 2 aromatic heterocycles. The highest BCUT2D eigenvalue weighted by atomic mass is 16.1. The lowest BCUT2D eigenvalue weighted by Crippen LogP contribution is -2.13. The number of aldehydes is 1. The Morgan fingerprint density at radius 2 is 1.92 bits per heavy atom. The van der Waals surface area contributed by atoms with Crippen LogP contribution in [0.5, 0.6) is 0 Å². The lowest BCUT2D eigenvalue weighted by molar-refractivity contribution is 0.111. The summed E-state index contributed by atoms with van der Waals surface area (Å²) < 4.78 is 1.99. The van der Waals surface area contributed by atoms with Gasteiger partial charge in [0.1, 0.15) is 17.4 Å². The van der Waals surface area contributed by atoms with Gasteiger partial charge in [0.15, 0.2) is 6.29 Å². The molecule has 0 atom stereocenters. The number of nitriles is 1. The Hall–Kier alpha value is -2.93. The van der Waals surface area contributed by atoms with Crippen molar-refractivity contribution in [3.05, 3.63) is 64.0 Å². The Labute approximate surface area is 140 Å². The van der Waals surface area contributed by atoms with Crippen molar-refractivity contribution in [2.45, 2.75) is 32.7 Å². The van der Waals surface area contributed by atoms with E-state index in [4.69, 9.17) is 0 Å². The van der Waals surface area contributed by atoms with Gasteiger partial charge < -0.3 is 4.57 Å². The van der Waals surface area contributed by atoms with E-state index in [2.05, 4.69) is 23.2 Å². The maximum Gasteiger partial charge on any atom is 0.167 e. The van der Waals surface area contributed by atoms with Gasteiger partial charge >= 0.3 is 0 Å². The molecular formula is C20H17N3O. The Morgan fingerprint density at radius 3 is 2.50 bits per heavy atom. The zero-order chi connectivity index (χ0) is 16.8. The van der Waals surface area contributed by atoms with Crippen molar-refractivity contribution >= 4 is 17.3 Å². The highest BCUT2D eigenvalue weighted by Crippen LogP contribution is 2.36.